The van der Waals surface area contributed by atoms with E-state index < -0.39 is 17.6 Å². The van der Waals surface area contributed by atoms with Gasteiger partial charge in [-0.25, -0.2) is 4.39 Å². The summed E-state index contributed by atoms with van der Waals surface area (Å²) in [4.78, 5) is 13.9. The first-order valence-electron chi connectivity index (χ1n) is 8.01. The van der Waals surface area contributed by atoms with Crippen molar-refractivity contribution in [3.05, 3.63) is 71.0 Å². The van der Waals surface area contributed by atoms with Crippen molar-refractivity contribution in [2.24, 2.45) is 0 Å². The van der Waals surface area contributed by atoms with Gasteiger partial charge in [0.05, 0.1) is 18.0 Å². The zero-order valence-corrected chi connectivity index (χ0v) is 14.5. The Labute approximate surface area is 149 Å². The Morgan fingerprint density at radius 1 is 1.12 bits per heavy atom. The highest BCUT2D eigenvalue weighted by Gasteiger charge is 2.30. The summed E-state index contributed by atoms with van der Waals surface area (Å²) in [5.74, 6) is -0.766. The summed E-state index contributed by atoms with van der Waals surface area (Å²) in [6, 6.07) is 10.5. The quantitative estimate of drug-likeness (QED) is 0.787. The van der Waals surface area contributed by atoms with Gasteiger partial charge in [-0.1, -0.05) is 30.3 Å². The zero-order valence-electron chi connectivity index (χ0n) is 14.5. The number of likely N-dealkylation sites (N-methyl/N-ethyl adjacent to an activating group) is 1. The van der Waals surface area contributed by atoms with Gasteiger partial charge in [0.15, 0.2) is 0 Å². The van der Waals surface area contributed by atoms with E-state index in [2.05, 4.69) is 5.32 Å². The second-order valence-corrected chi connectivity index (χ2v) is 6.21. The van der Waals surface area contributed by atoms with Crippen molar-refractivity contribution in [2.45, 2.75) is 18.6 Å². The summed E-state index contributed by atoms with van der Waals surface area (Å²) < 4.78 is 51.6. The number of carbonyl (C=O) groups is 1. The van der Waals surface area contributed by atoms with Crippen LogP contribution in [0, 0.1) is 5.82 Å². The third kappa shape index (κ3) is 5.56. The zero-order chi connectivity index (χ0) is 19.3. The molecule has 0 unspecified atom stereocenters. The average Bonchev–Trinajstić information content (AvgIpc) is 2.54. The molecule has 0 saturated carbocycles. The van der Waals surface area contributed by atoms with Crippen LogP contribution in [-0.4, -0.2) is 31.4 Å². The van der Waals surface area contributed by atoms with Crippen LogP contribution >= 0.6 is 0 Å². The third-order valence-electron chi connectivity index (χ3n) is 3.97. The molecule has 0 aromatic heterocycles. The molecule has 1 N–H and O–H groups in total. The molecule has 2 aromatic carbocycles. The summed E-state index contributed by atoms with van der Waals surface area (Å²) in [5, 5.41) is 2.70. The maximum atomic E-state index is 13.4. The first-order chi connectivity index (χ1) is 12.2. The minimum Gasteiger partial charge on any atom is -0.354 e. The van der Waals surface area contributed by atoms with Crippen LogP contribution in [-0.2, 0) is 17.4 Å². The van der Waals surface area contributed by atoms with Crippen molar-refractivity contribution in [2.75, 3.05) is 20.6 Å². The Morgan fingerprint density at radius 3 is 2.42 bits per heavy atom. The van der Waals surface area contributed by atoms with Crippen LogP contribution < -0.4 is 5.32 Å². The summed E-state index contributed by atoms with van der Waals surface area (Å²) in [5.41, 5.74) is 0.201. The molecule has 140 valence electrons. The van der Waals surface area contributed by atoms with Gasteiger partial charge in [0, 0.05) is 6.54 Å². The molecule has 0 aliphatic rings. The SMILES string of the molecule is CN(C)[C@@H](CNC(=O)Cc1cccc(C(F)(F)F)c1)c1cccc(F)c1. The van der Waals surface area contributed by atoms with Gasteiger partial charge < -0.3 is 10.2 Å². The van der Waals surface area contributed by atoms with E-state index in [-0.39, 0.29) is 30.4 Å². The molecule has 0 bridgehead atoms. The lowest BCUT2D eigenvalue weighted by atomic mass is 10.0. The molecule has 1 atom stereocenters. The van der Waals surface area contributed by atoms with Crippen molar-refractivity contribution < 1.29 is 22.4 Å². The average molecular weight is 368 g/mol. The summed E-state index contributed by atoms with van der Waals surface area (Å²) in [7, 11) is 3.60. The van der Waals surface area contributed by atoms with Gasteiger partial charge in [-0.05, 0) is 43.4 Å². The van der Waals surface area contributed by atoms with E-state index in [0.29, 0.717) is 5.56 Å². The predicted molar refractivity (Wildman–Crippen MR) is 91.0 cm³/mol. The summed E-state index contributed by atoms with van der Waals surface area (Å²) >= 11 is 0. The van der Waals surface area contributed by atoms with Crippen molar-refractivity contribution >= 4 is 5.91 Å². The van der Waals surface area contributed by atoms with Crippen molar-refractivity contribution in [1.29, 1.82) is 0 Å². The van der Waals surface area contributed by atoms with E-state index >= 15 is 0 Å². The second-order valence-electron chi connectivity index (χ2n) is 6.21. The molecule has 2 aromatic rings. The van der Waals surface area contributed by atoms with Gasteiger partial charge in [0.1, 0.15) is 5.82 Å². The maximum absolute atomic E-state index is 13.4. The molecule has 0 saturated heterocycles. The van der Waals surface area contributed by atoms with Gasteiger partial charge in [-0.15, -0.1) is 0 Å². The minimum atomic E-state index is -4.44. The fourth-order valence-corrected chi connectivity index (χ4v) is 2.63. The summed E-state index contributed by atoms with van der Waals surface area (Å²) in [6.07, 6.45) is -4.60. The highest BCUT2D eigenvalue weighted by atomic mass is 19.4. The fourth-order valence-electron chi connectivity index (χ4n) is 2.63. The number of nitrogens with one attached hydrogen (secondary N) is 1. The largest absolute Gasteiger partial charge is 0.416 e. The minimum absolute atomic E-state index is 0.160. The van der Waals surface area contributed by atoms with E-state index in [9.17, 15) is 22.4 Å². The highest BCUT2D eigenvalue weighted by Crippen LogP contribution is 2.29. The topological polar surface area (TPSA) is 32.3 Å². The fraction of sp³-hybridized carbons (Fsp3) is 0.316. The molecule has 0 radical (unpaired) electrons. The van der Waals surface area contributed by atoms with Crippen LogP contribution in [0.15, 0.2) is 48.5 Å². The van der Waals surface area contributed by atoms with Gasteiger partial charge in [-0.2, -0.15) is 13.2 Å². The number of benzene rings is 2. The molecular weight excluding hydrogens is 348 g/mol. The van der Waals surface area contributed by atoms with Crippen molar-refractivity contribution in [1.82, 2.24) is 10.2 Å². The number of nitrogens with zero attached hydrogens (tertiary/aromatic N) is 1. The number of hydrogen-bond acceptors (Lipinski definition) is 2. The molecule has 2 rings (SSSR count). The molecule has 7 heteroatoms. The number of amides is 1. The molecule has 0 heterocycles. The van der Waals surface area contributed by atoms with Gasteiger partial charge in [0.25, 0.3) is 0 Å². The van der Waals surface area contributed by atoms with Crippen LogP contribution in [0.3, 0.4) is 0 Å². The highest BCUT2D eigenvalue weighted by molar-refractivity contribution is 5.78. The van der Waals surface area contributed by atoms with E-state index in [1.54, 1.807) is 26.2 Å². The van der Waals surface area contributed by atoms with Crippen LogP contribution in [0.4, 0.5) is 17.6 Å². The van der Waals surface area contributed by atoms with Crippen LogP contribution in [0.2, 0.25) is 0 Å². The van der Waals surface area contributed by atoms with E-state index in [4.69, 9.17) is 0 Å². The number of halogens is 4. The van der Waals surface area contributed by atoms with E-state index in [1.165, 1.54) is 24.3 Å². The normalized spacial score (nSPS) is 12.9. The second kappa shape index (κ2) is 8.31. The molecule has 0 fully saturated rings. The predicted octanol–water partition coefficient (Wildman–Crippen LogP) is 3.81. The Kier molecular flexibility index (Phi) is 6.37. The van der Waals surface area contributed by atoms with Gasteiger partial charge in [0.2, 0.25) is 5.91 Å². The van der Waals surface area contributed by atoms with Crippen LogP contribution in [0.1, 0.15) is 22.7 Å². The Hall–Kier alpha value is -2.41. The Morgan fingerprint density at radius 2 is 1.81 bits per heavy atom. The van der Waals surface area contributed by atoms with Gasteiger partial charge in [-0.3, -0.25) is 4.79 Å². The monoisotopic (exact) mass is 368 g/mol. The maximum Gasteiger partial charge on any atom is 0.416 e. The molecular formula is C19H20F4N2O. The first kappa shape index (κ1) is 19.9. The standard InChI is InChI=1S/C19H20F4N2O/c1-25(2)17(14-6-4-8-16(20)11-14)12-24-18(26)10-13-5-3-7-15(9-13)19(21,22)23/h3-9,11,17H,10,12H2,1-2H3,(H,24,26)/t17-/m0/s1. The molecule has 0 spiro atoms. The van der Waals surface area contributed by atoms with Crippen molar-refractivity contribution in [3.63, 3.8) is 0 Å². The lowest BCUT2D eigenvalue weighted by Crippen LogP contribution is -2.35. The van der Waals surface area contributed by atoms with E-state index in [0.717, 1.165) is 12.1 Å². The molecule has 3 nitrogen and oxygen atoms in total. The number of alkyl halides is 3. The molecule has 0 aliphatic carbocycles. The Balaban J connectivity index is 2.01. The van der Waals surface area contributed by atoms with E-state index in [1.807, 2.05) is 4.90 Å². The van der Waals surface area contributed by atoms with Crippen molar-refractivity contribution in [3.8, 4) is 0 Å². The summed E-state index contributed by atoms with van der Waals surface area (Å²) in [6.45, 7) is 0.217. The molecule has 0 aliphatic heterocycles. The van der Waals surface area contributed by atoms with Crippen LogP contribution in [0.5, 0.6) is 0 Å². The smallest absolute Gasteiger partial charge is 0.354 e. The lowest BCUT2D eigenvalue weighted by Gasteiger charge is -2.25. The Bertz CT molecular complexity index is 759. The van der Waals surface area contributed by atoms with Gasteiger partial charge >= 0.3 is 6.18 Å². The number of hydrogen-bond donors (Lipinski definition) is 1. The third-order valence-corrected chi connectivity index (χ3v) is 3.97. The molecule has 26 heavy (non-hydrogen) atoms. The number of rotatable bonds is 6. The molecule has 1 amide bonds. The number of carbonyl (C=O) groups excluding carboxylic acids is 1. The van der Waals surface area contributed by atoms with Crippen LogP contribution in [0.25, 0.3) is 0 Å². The first-order valence-corrected chi connectivity index (χ1v) is 8.01. The lowest BCUT2D eigenvalue weighted by molar-refractivity contribution is -0.137.